The maximum atomic E-state index is 6.28. The van der Waals surface area contributed by atoms with Crippen LogP contribution in [0.25, 0.3) is 22.2 Å². The number of hydrogen-bond acceptors (Lipinski definition) is 5. The fourth-order valence-electron chi connectivity index (χ4n) is 4.09. The third kappa shape index (κ3) is 4.01. The summed E-state index contributed by atoms with van der Waals surface area (Å²) in [6.07, 6.45) is 8.93. The molecule has 7 nitrogen and oxygen atoms in total. The van der Waals surface area contributed by atoms with E-state index in [9.17, 15) is 0 Å². The third-order valence-electron chi connectivity index (χ3n) is 5.70. The van der Waals surface area contributed by atoms with E-state index in [0.29, 0.717) is 27.4 Å². The number of aromatic nitrogens is 5. The van der Waals surface area contributed by atoms with Crippen LogP contribution in [0.4, 0.5) is 0 Å². The van der Waals surface area contributed by atoms with Crippen LogP contribution in [0, 0.1) is 0 Å². The highest BCUT2D eigenvalue weighted by molar-refractivity contribution is 6.35. The molecule has 1 unspecified atom stereocenters. The van der Waals surface area contributed by atoms with Gasteiger partial charge in [0.05, 0.1) is 27.8 Å². The molecule has 1 atom stereocenters. The Bertz CT molecular complexity index is 1190. The molecule has 0 radical (unpaired) electrons. The van der Waals surface area contributed by atoms with E-state index < -0.39 is 0 Å². The van der Waals surface area contributed by atoms with Crippen LogP contribution in [0.2, 0.25) is 10.0 Å². The summed E-state index contributed by atoms with van der Waals surface area (Å²) in [5.74, 6) is 0.706. The number of pyridine rings is 1. The van der Waals surface area contributed by atoms with Crippen molar-refractivity contribution in [3.05, 3.63) is 58.6 Å². The first-order chi connectivity index (χ1) is 15.1. The summed E-state index contributed by atoms with van der Waals surface area (Å²) in [5, 5.41) is 17.6. The first-order valence-corrected chi connectivity index (χ1v) is 11.0. The summed E-state index contributed by atoms with van der Waals surface area (Å²) in [6.45, 7) is 3.96. The summed E-state index contributed by atoms with van der Waals surface area (Å²) in [5.41, 5.74) is 3.49. The van der Waals surface area contributed by atoms with Gasteiger partial charge in [-0.05, 0) is 51.1 Å². The number of halogens is 2. The normalized spacial score (nSPS) is 16.0. The summed E-state index contributed by atoms with van der Waals surface area (Å²) < 4.78 is 8.23. The molecule has 31 heavy (non-hydrogen) atoms. The van der Waals surface area contributed by atoms with Crippen LogP contribution in [0.1, 0.15) is 37.5 Å². The summed E-state index contributed by atoms with van der Waals surface area (Å²) in [4.78, 5) is 4.01. The zero-order valence-electron chi connectivity index (χ0n) is 17.0. The highest BCUT2D eigenvalue weighted by atomic mass is 35.5. The van der Waals surface area contributed by atoms with Crippen LogP contribution in [0.3, 0.4) is 0 Å². The Labute approximate surface area is 189 Å². The van der Waals surface area contributed by atoms with Gasteiger partial charge in [-0.25, -0.2) is 0 Å². The lowest BCUT2D eigenvalue weighted by molar-refractivity contribution is 0.227. The fourth-order valence-corrected chi connectivity index (χ4v) is 4.76. The van der Waals surface area contributed by atoms with Gasteiger partial charge < -0.3 is 10.1 Å². The number of nitrogens with zero attached hydrogens (tertiary/aromatic N) is 4. The molecule has 0 spiro atoms. The zero-order chi connectivity index (χ0) is 21.4. The number of rotatable bonds is 5. The van der Waals surface area contributed by atoms with Gasteiger partial charge in [-0.15, -0.1) is 0 Å². The maximum Gasteiger partial charge on any atom is 0.124 e. The van der Waals surface area contributed by atoms with Crippen molar-refractivity contribution >= 4 is 34.1 Å². The van der Waals surface area contributed by atoms with Crippen molar-refractivity contribution in [2.45, 2.75) is 31.9 Å². The van der Waals surface area contributed by atoms with E-state index in [1.807, 2.05) is 31.3 Å². The first-order valence-electron chi connectivity index (χ1n) is 10.3. The molecule has 0 amide bonds. The van der Waals surface area contributed by atoms with Crippen molar-refractivity contribution in [1.82, 2.24) is 30.3 Å². The number of fused-ring (bicyclic) bond motifs is 1. The SMILES string of the molecule is CC(Oc1ccc2[nH]nc(-c3cnn(C4CCNCC4)c3)c2c1)c1c(Cl)cncc1Cl. The largest absolute Gasteiger partial charge is 0.486 e. The lowest BCUT2D eigenvalue weighted by Gasteiger charge is -2.22. The highest BCUT2D eigenvalue weighted by Gasteiger charge is 2.19. The second-order valence-electron chi connectivity index (χ2n) is 7.75. The quantitative estimate of drug-likeness (QED) is 0.431. The number of benzene rings is 1. The molecular weight excluding hydrogens is 435 g/mol. The van der Waals surface area contributed by atoms with Crippen molar-refractivity contribution in [2.75, 3.05) is 13.1 Å². The number of ether oxygens (including phenoxy) is 1. The smallest absolute Gasteiger partial charge is 0.124 e. The van der Waals surface area contributed by atoms with E-state index in [1.165, 1.54) is 0 Å². The monoisotopic (exact) mass is 456 g/mol. The number of nitrogens with one attached hydrogen (secondary N) is 2. The van der Waals surface area contributed by atoms with Gasteiger partial charge in [0.1, 0.15) is 17.5 Å². The molecule has 4 aromatic rings. The number of hydrogen-bond donors (Lipinski definition) is 2. The van der Waals surface area contributed by atoms with Gasteiger partial charge in [-0.3, -0.25) is 14.8 Å². The van der Waals surface area contributed by atoms with Crippen LogP contribution in [-0.2, 0) is 0 Å². The van der Waals surface area contributed by atoms with Crippen LogP contribution >= 0.6 is 23.2 Å². The molecule has 1 aromatic carbocycles. The van der Waals surface area contributed by atoms with Gasteiger partial charge in [0.25, 0.3) is 0 Å². The second kappa shape index (κ2) is 8.49. The number of piperidine rings is 1. The Hall–Kier alpha value is -2.61. The zero-order valence-corrected chi connectivity index (χ0v) is 18.5. The maximum absolute atomic E-state index is 6.28. The van der Waals surface area contributed by atoms with Gasteiger partial charge >= 0.3 is 0 Å². The molecule has 1 aliphatic heterocycles. The molecule has 1 saturated heterocycles. The minimum Gasteiger partial charge on any atom is -0.486 e. The lowest BCUT2D eigenvalue weighted by Crippen LogP contribution is -2.29. The van der Waals surface area contributed by atoms with E-state index in [2.05, 4.69) is 36.5 Å². The molecule has 1 fully saturated rings. The minimum atomic E-state index is -0.335. The predicted octanol–water partition coefficient (Wildman–Crippen LogP) is 5.19. The van der Waals surface area contributed by atoms with Gasteiger partial charge in [-0.1, -0.05) is 23.2 Å². The molecule has 160 valence electrons. The molecule has 2 N–H and O–H groups in total. The van der Waals surface area contributed by atoms with Crippen molar-refractivity contribution in [3.8, 4) is 17.0 Å². The molecule has 0 bridgehead atoms. The number of H-pyrrole nitrogens is 1. The van der Waals surface area contributed by atoms with Crippen molar-refractivity contribution in [2.24, 2.45) is 0 Å². The number of aromatic amines is 1. The standard InChI is InChI=1S/C22H22Cl2N6O/c1-13(21-18(23)10-26-11-19(21)24)31-16-2-3-20-17(8-16)22(29-28-20)14-9-27-30(12-14)15-4-6-25-7-5-15/h2-3,8-13,15,25H,4-7H2,1H3,(H,28,29). The molecule has 4 heterocycles. The minimum absolute atomic E-state index is 0.335. The van der Waals surface area contributed by atoms with E-state index in [1.54, 1.807) is 12.4 Å². The van der Waals surface area contributed by atoms with Crippen molar-refractivity contribution < 1.29 is 4.74 Å². The van der Waals surface area contributed by atoms with E-state index >= 15 is 0 Å². The van der Waals surface area contributed by atoms with Gasteiger partial charge in [0.15, 0.2) is 0 Å². The topological polar surface area (TPSA) is 80.6 Å². The highest BCUT2D eigenvalue weighted by Crippen LogP contribution is 2.35. The van der Waals surface area contributed by atoms with Gasteiger partial charge in [0, 0.05) is 35.1 Å². The van der Waals surface area contributed by atoms with E-state index in [4.69, 9.17) is 27.9 Å². The summed E-state index contributed by atoms with van der Waals surface area (Å²) >= 11 is 12.6. The van der Waals surface area contributed by atoms with Crippen molar-refractivity contribution in [3.63, 3.8) is 0 Å². The van der Waals surface area contributed by atoms with E-state index in [0.717, 1.165) is 48.1 Å². The molecular formula is C22H22Cl2N6O. The Morgan fingerprint density at radius 1 is 1.13 bits per heavy atom. The molecule has 9 heteroatoms. The van der Waals surface area contributed by atoms with Gasteiger partial charge in [0.2, 0.25) is 0 Å². The Morgan fingerprint density at radius 3 is 2.68 bits per heavy atom. The average molecular weight is 457 g/mol. The van der Waals surface area contributed by atoms with Crippen LogP contribution in [0.5, 0.6) is 5.75 Å². The summed E-state index contributed by atoms with van der Waals surface area (Å²) in [7, 11) is 0. The van der Waals surface area contributed by atoms with Crippen LogP contribution in [0.15, 0.2) is 43.0 Å². The predicted molar refractivity (Wildman–Crippen MR) is 122 cm³/mol. The lowest BCUT2D eigenvalue weighted by atomic mass is 10.1. The third-order valence-corrected chi connectivity index (χ3v) is 6.30. The Balaban J connectivity index is 1.43. The fraction of sp³-hybridized carbons (Fsp3) is 0.318. The van der Waals surface area contributed by atoms with Crippen LogP contribution in [-0.4, -0.2) is 38.1 Å². The summed E-state index contributed by atoms with van der Waals surface area (Å²) in [6, 6.07) is 6.27. The Morgan fingerprint density at radius 2 is 1.90 bits per heavy atom. The van der Waals surface area contributed by atoms with E-state index in [-0.39, 0.29) is 6.10 Å². The van der Waals surface area contributed by atoms with Gasteiger partial charge in [-0.2, -0.15) is 10.2 Å². The average Bonchev–Trinajstić information content (AvgIpc) is 3.41. The molecule has 3 aromatic heterocycles. The second-order valence-corrected chi connectivity index (χ2v) is 8.56. The molecule has 0 aliphatic carbocycles. The van der Waals surface area contributed by atoms with Crippen LogP contribution < -0.4 is 10.1 Å². The Kier molecular flexibility index (Phi) is 5.56. The molecule has 5 rings (SSSR count). The van der Waals surface area contributed by atoms with Crippen molar-refractivity contribution in [1.29, 1.82) is 0 Å². The first kappa shape index (κ1) is 20.3. The molecule has 1 aliphatic rings. The molecule has 0 saturated carbocycles.